The molecule has 3 fully saturated rings. The first-order valence-electron chi connectivity index (χ1n) is 10.3. The number of hydrogen-bond donors (Lipinski definition) is 0. The van der Waals surface area contributed by atoms with Crippen LogP contribution in [0.3, 0.4) is 0 Å². The Morgan fingerprint density at radius 1 is 1.28 bits per heavy atom. The summed E-state index contributed by atoms with van der Waals surface area (Å²) in [6, 6.07) is 6.86. The van der Waals surface area contributed by atoms with Gasteiger partial charge in [-0.05, 0) is 55.2 Å². The lowest BCUT2D eigenvalue weighted by Gasteiger charge is -2.56. The van der Waals surface area contributed by atoms with Crippen LogP contribution in [-0.4, -0.2) is 51.8 Å². The maximum absolute atomic E-state index is 13.8. The summed E-state index contributed by atoms with van der Waals surface area (Å²) in [7, 11) is 0. The Morgan fingerprint density at radius 3 is 2.93 bits per heavy atom. The molecule has 3 aliphatic rings. The fraction of sp³-hybridized carbons (Fsp3) is 0.500. The van der Waals surface area contributed by atoms with Gasteiger partial charge in [-0.15, -0.1) is 11.3 Å². The standard InChI is InChI=1S/C22H24FN3O2S/c23-17-4-1-3-14(7-17)8-20-16-9-15(19-5-2-6-21(27)26(19)20)10-25(11-16)22(28)18-12-29-13-24-18/h1,3-4,7,12-13,15-16,19-20H,2,5-6,8-11H2/t15-,16+,19+,20+/m1/s1. The number of amides is 2. The molecule has 7 heteroatoms. The van der Waals surface area contributed by atoms with Crippen LogP contribution in [0.15, 0.2) is 35.2 Å². The van der Waals surface area contributed by atoms with Crippen molar-refractivity contribution in [1.29, 1.82) is 0 Å². The van der Waals surface area contributed by atoms with Gasteiger partial charge in [0.05, 0.1) is 5.51 Å². The molecule has 2 bridgehead atoms. The molecule has 29 heavy (non-hydrogen) atoms. The van der Waals surface area contributed by atoms with Crippen LogP contribution in [0.1, 0.15) is 41.7 Å². The lowest BCUT2D eigenvalue weighted by molar-refractivity contribution is -0.151. The second kappa shape index (κ2) is 7.52. The third-order valence-electron chi connectivity index (χ3n) is 6.77. The molecule has 0 N–H and O–H groups in total. The van der Waals surface area contributed by atoms with Crippen molar-refractivity contribution >= 4 is 23.2 Å². The van der Waals surface area contributed by atoms with Crippen LogP contribution in [0, 0.1) is 17.7 Å². The van der Waals surface area contributed by atoms with E-state index < -0.39 is 0 Å². The van der Waals surface area contributed by atoms with Gasteiger partial charge in [0.2, 0.25) is 5.91 Å². The zero-order chi connectivity index (χ0) is 20.0. The predicted molar refractivity (Wildman–Crippen MR) is 108 cm³/mol. The van der Waals surface area contributed by atoms with Crippen molar-refractivity contribution in [2.24, 2.45) is 11.8 Å². The Labute approximate surface area is 173 Å². The number of piperidine rings is 3. The first-order chi connectivity index (χ1) is 14.1. The summed E-state index contributed by atoms with van der Waals surface area (Å²) in [5.41, 5.74) is 3.11. The van der Waals surface area contributed by atoms with Crippen LogP contribution in [0.25, 0.3) is 0 Å². The summed E-state index contributed by atoms with van der Waals surface area (Å²) in [4.78, 5) is 34.1. The second-order valence-corrected chi connectivity index (χ2v) is 9.22. The van der Waals surface area contributed by atoms with E-state index in [2.05, 4.69) is 9.88 Å². The Balaban J connectivity index is 1.45. The zero-order valence-electron chi connectivity index (χ0n) is 16.2. The Morgan fingerprint density at radius 2 is 2.14 bits per heavy atom. The molecule has 4 heterocycles. The maximum Gasteiger partial charge on any atom is 0.273 e. The van der Waals surface area contributed by atoms with Gasteiger partial charge in [0.1, 0.15) is 11.5 Å². The minimum absolute atomic E-state index is 0.0110. The topological polar surface area (TPSA) is 53.5 Å². The van der Waals surface area contributed by atoms with Gasteiger partial charge in [0.25, 0.3) is 5.91 Å². The van der Waals surface area contributed by atoms with Crippen LogP contribution < -0.4 is 0 Å². The molecule has 0 aliphatic carbocycles. The van der Waals surface area contributed by atoms with Crippen LogP contribution in [0.5, 0.6) is 0 Å². The largest absolute Gasteiger partial charge is 0.337 e. The van der Waals surface area contributed by atoms with Crippen molar-refractivity contribution in [3.8, 4) is 0 Å². The Hall–Kier alpha value is -2.28. The van der Waals surface area contributed by atoms with Gasteiger partial charge in [-0.1, -0.05) is 12.1 Å². The second-order valence-electron chi connectivity index (χ2n) is 8.50. The predicted octanol–water partition coefficient (Wildman–Crippen LogP) is 3.37. The van der Waals surface area contributed by atoms with E-state index in [1.165, 1.54) is 17.4 Å². The van der Waals surface area contributed by atoms with E-state index in [0.717, 1.165) is 24.8 Å². The van der Waals surface area contributed by atoms with E-state index >= 15 is 0 Å². The molecule has 2 aromatic rings. The lowest BCUT2D eigenvalue weighted by Crippen LogP contribution is -2.66. The van der Waals surface area contributed by atoms with Crippen LogP contribution >= 0.6 is 11.3 Å². The summed E-state index contributed by atoms with van der Waals surface area (Å²) in [6.07, 6.45) is 4.15. The summed E-state index contributed by atoms with van der Waals surface area (Å²) in [5, 5.41) is 1.80. The van der Waals surface area contributed by atoms with Crippen LogP contribution in [0.4, 0.5) is 4.39 Å². The van der Waals surface area contributed by atoms with Crippen molar-refractivity contribution in [3.63, 3.8) is 0 Å². The van der Waals surface area contributed by atoms with Gasteiger partial charge in [-0.3, -0.25) is 9.59 Å². The van der Waals surface area contributed by atoms with Crippen molar-refractivity contribution in [3.05, 3.63) is 52.2 Å². The molecule has 152 valence electrons. The highest BCUT2D eigenvalue weighted by Crippen LogP contribution is 2.42. The number of nitrogens with zero attached hydrogens (tertiary/aromatic N) is 3. The number of carbonyl (C=O) groups excluding carboxylic acids is 2. The summed E-state index contributed by atoms with van der Waals surface area (Å²) in [5.74, 6) is 0.474. The molecule has 0 saturated carbocycles. The van der Waals surface area contributed by atoms with Gasteiger partial charge in [0.15, 0.2) is 0 Å². The number of hydrogen-bond acceptors (Lipinski definition) is 4. The molecule has 1 aromatic heterocycles. The molecule has 1 aromatic carbocycles. The van der Waals surface area contributed by atoms with Crippen molar-refractivity contribution < 1.29 is 14.0 Å². The molecule has 3 aliphatic heterocycles. The quantitative estimate of drug-likeness (QED) is 0.775. The molecule has 0 radical (unpaired) electrons. The van der Waals surface area contributed by atoms with Gasteiger partial charge in [0, 0.05) is 37.0 Å². The highest BCUT2D eigenvalue weighted by molar-refractivity contribution is 7.07. The van der Waals surface area contributed by atoms with Crippen LogP contribution in [0.2, 0.25) is 0 Å². The van der Waals surface area contributed by atoms with Crippen molar-refractivity contribution in [2.75, 3.05) is 13.1 Å². The van der Waals surface area contributed by atoms with Crippen molar-refractivity contribution in [1.82, 2.24) is 14.8 Å². The summed E-state index contributed by atoms with van der Waals surface area (Å²) >= 11 is 1.43. The Kier molecular flexibility index (Phi) is 4.86. The maximum atomic E-state index is 13.8. The number of aromatic nitrogens is 1. The molecule has 3 saturated heterocycles. The average Bonchev–Trinajstić information content (AvgIpc) is 3.25. The monoisotopic (exact) mass is 413 g/mol. The average molecular weight is 414 g/mol. The number of rotatable bonds is 3. The zero-order valence-corrected chi connectivity index (χ0v) is 17.0. The third kappa shape index (κ3) is 3.45. The number of thiazole rings is 1. The van der Waals surface area contributed by atoms with E-state index in [9.17, 15) is 14.0 Å². The Bertz CT molecular complexity index is 919. The summed E-state index contributed by atoms with van der Waals surface area (Å²) in [6.45, 7) is 1.32. The number of benzene rings is 1. The molecule has 5 nitrogen and oxygen atoms in total. The molecular weight excluding hydrogens is 389 g/mol. The molecule has 2 amide bonds. The first kappa shape index (κ1) is 18.7. The van der Waals surface area contributed by atoms with Gasteiger partial charge < -0.3 is 9.80 Å². The van der Waals surface area contributed by atoms with E-state index in [1.807, 2.05) is 11.0 Å². The molecular formula is C22H24FN3O2S. The molecule has 0 unspecified atom stereocenters. The number of carbonyl (C=O) groups is 2. The molecule has 0 spiro atoms. The fourth-order valence-corrected chi connectivity index (χ4v) is 6.11. The third-order valence-corrected chi connectivity index (χ3v) is 7.36. The van der Waals surface area contributed by atoms with Gasteiger partial charge in [-0.25, -0.2) is 9.37 Å². The van der Waals surface area contributed by atoms with Gasteiger partial charge in [-0.2, -0.15) is 0 Å². The summed E-state index contributed by atoms with van der Waals surface area (Å²) < 4.78 is 13.8. The van der Waals surface area contributed by atoms with E-state index in [0.29, 0.717) is 37.5 Å². The van der Waals surface area contributed by atoms with Crippen molar-refractivity contribution in [2.45, 2.75) is 44.2 Å². The molecule has 5 rings (SSSR count). The van der Waals surface area contributed by atoms with Crippen LogP contribution in [-0.2, 0) is 11.2 Å². The van der Waals surface area contributed by atoms with E-state index in [1.54, 1.807) is 23.0 Å². The van der Waals surface area contributed by atoms with Gasteiger partial charge >= 0.3 is 0 Å². The first-order valence-corrected chi connectivity index (χ1v) is 11.3. The smallest absolute Gasteiger partial charge is 0.273 e. The van der Waals surface area contributed by atoms with E-state index in [-0.39, 0.29) is 35.6 Å². The highest BCUT2D eigenvalue weighted by Gasteiger charge is 2.50. The minimum Gasteiger partial charge on any atom is -0.337 e. The normalized spacial score (nSPS) is 28.9. The number of likely N-dealkylation sites (tertiary alicyclic amines) is 1. The SMILES string of the molecule is O=C(c1cscn1)N1C[C@H]2C[C@@H](C1)[C@H](Cc1cccc(F)c1)N1C(=O)CCC[C@@H]21. The minimum atomic E-state index is -0.248. The number of fused-ring (bicyclic) bond motifs is 4. The van der Waals surface area contributed by atoms with E-state index in [4.69, 9.17) is 0 Å². The molecule has 4 atom stereocenters. The fourth-order valence-electron chi connectivity index (χ4n) is 5.59. The number of halogens is 1. The lowest BCUT2D eigenvalue weighted by atomic mass is 9.70. The highest BCUT2D eigenvalue weighted by atomic mass is 32.1.